The summed E-state index contributed by atoms with van der Waals surface area (Å²) in [4.78, 5) is 23.6. The quantitative estimate of drug-likeness (QED) is 0.362. The zero-order valence-corrected chi connectivity index (χ0v) is 14.7. The second-order valence-corrected chi connectivity index (χ2v) is 7.40. The number of carbonyl (C=O) groups is 2. The Kier molecular flexibility index (Phi) is 4.21. The molecular weight excluding hydrogens is 362 g/mol. The summed E-state index contributed by atoms with van der Waals surface area (Å²) < 4.78 is 42.4. The predicted molar refractivity (Wildman–Crippen MR) is 91.7 cm³/mol. The molecule has 0 atom stereocenters. The van der Waals surface area contributed by atoms with Crippen molar-refractivity contribution in [3.8, 4) is 0 Å². The molecule has 1 saturated heterocycles. The van der Waals surface area contributed by atoms with E-state index in [1.165, 1.54) is 32.0 Å². The SMILES string of the molecule is CC1(C)OC(=O)C(=CNc2cccc3c(S(=O)(=O)O)cccc23)C(=O)O1. The smallest absolute Gasteiger partial charge is 0.350 e. The van der Waals surface area contributed by atoms with Crippen LogP contribution in [0, 0.1) is 0 Å². The average molecular weight is 377 g/mol. The van der Waals surface area contributed by atoms with Crippen LogP contribution in [-0.4, -0.2) is 30.7 Å². The van der Waals surface area contributed by atoms with E-state index >= 15 is 0 Å². The van der Waals surface area contributed by atoms with Gasteiger partial charge in [-0.05, 0) is 12.1 Å². The van der Waals surface area contributed by atoms with Crippen molar-refractivity contribution < 1.29 is 32.0 Å². The molecule has 0 unspecified atom stereocenters. The molecule has 2 aromatic carbocycles. The highest BCUT2D eigenvalue weighted by Gasteiger charge is 2.38. The molecule has 1 aliphatic heterocycles. The molecule has 0 aromatic heterocycles. The highest BCUT2D eigenvalue weighted by Crippen LogP contribution is 2.29. The number of carbonyl (C=O) groups excluding carboxylic acids is 2. The number of esters is 2. The normalized spacial score (nSPS) is 16.8. The van der Waals surface area contributed by atoms with Gasteiger partial charge in [-0.25, -0.2) is 9.59 Å². The Bertz CT molecular complexity index is 1030. The van der Waals surface area contributed by atoms with Gasteiger partial charge in [0.2, 0.25) is 0 Å². The molecule has 3 rings (SSSR count). The zero-order valence-electron chi connectivity index (χ0n) is 13.8. The van der Waals surface area contributed by atoms with Crippen molar-refractivity contribution >= 4 is 38.5 Å². The van der Waals surface area contributed by atoms with Crippen LogP contribution in [0.4, 0.5) is 5.69 Å². The van der Waals surface area contributed by atoms with E-state index in [4.69, 9.17) is 9.47 Å². The summed E-state index contributed by atoms with van der Waals surface area (Å²) in [5, 5.41) is 3.54. The third-order valence-electron chi connectivity index (χ3n) is 3.65. The third kappa shape index (κ3) is 3.39. The number of nitrogens with one attached hydrogen (secondary N) is 1. The molecule has 1 heterocycles. The molecule has 0 spiro atoms. The van der Waals surface area contributed by atoms with Gasteiger partial charge in [0.05, 0.1) is 0 Å². The van der Waals surface area contributed by atoms with E-state index in [-0.39, 0.29) is 15.9 Å². The molecule has 1 aliphatic rings. The van der Waals surface area contributed by atoms with Crippen molar-refractivity contribution in [2.45, 2.75) is 24.5 Å². The Morgan fingerprint density at radius 1 is 1.00 bits per heavy atom. The Labute approximate surface area is 149 Å². The number of hydrogen-bond donors (Lipinski definition) is 2. The van der Waals surface area contributed by atoms with E-state index in [1.54, 1.807) is 18.2 Å². The van der Waals surface area contributed by atoms with Crippen molar-refractivity contribution in [2.75, 3.05) is 5.32 Å². The standard InChI is InChI=1S/C17H15NO7S/c1-17(2)24-15(19)12(16(20)25-17)9-18-13-7-3-6-11-10(13)5-4-8-14(11)26(21,22)23/h3-9,18H,1-2H3,(H,21,22,23). The number of rotatable bonds is 3. The van der Waals surface area contributed by atoms with Gasteiger partial charge in [0.25, 0.3) is 15.9 Å². The van der Waals surface area contributed by atoms with Gasteiger partial charge in [-0.2, -0.15) is 8.42 Å². The van der Waals surface area contributed by atoms with Gasteiger partial charge in [0, 0.05) is 36.5 Å². The van der Waals surface area contributed by atoms with Crippen LogP contribution in [0.15, 0.2) is 53.1 Å². The van der Waals surface area contributed by atoms with Crippen LogP contribution < -0.4 is 5.32 Å². The van der Waals surface area contributed by atoms with Crippen LogP contribution >= 0.6 is 0 Å². The summed E-state index contributed by atoms with van der Waals surface area (Å²) in [7, 11) is -4.40. The largest absolute Gasteiger partial charge is 0.419 e. The van der Waals surface area contributed by atoms with E-state index in [0.717, 1.165) is 6.20 Å². The first-order chi connectivity index (χ1) is 12.1. The van der Waals surface area contributed by atoms with Gasteiger partial charge in [-0.15, -0.1) is 0 Å². The lowest BCUT2D eigenvalue weighted by Gasteiger charge is -2.29. The van der Waals surface area contributed by atoms with Crippen molar-refractivity contribution in [3.63, 3.8) is 0 Å². The summed E-state index contributed by atoms with van der Waals surface area (Å²) in [5.74, 6) is -3.01. The number of benzene rings is 2. The highest BCUT2D eigenvalue weighted by atomic mass is 32.2. The summed E-state index contributed by atoms with van der Waals surface area (Å²) in [5.41, 5.74) is 0.0956. The molecule has 0 bridgehead atoms. The molecular formula is C17H15NO7S. The number of hydrogen-bond acceptors (Lipinski definition) is 7. The third-order valence-corrected chi connectivity index (χ3v) is 4.56. The fourth-order valence-corrected chi connectivity index (χ4v) is 3.27. The molecule has 0 radical (unpaired) electrons. The van der Waals surface area contributed by atoms with E-state index in [2.05, 4.69) is 5.32 Å². The second kappa shape index (κ2) is 6.11. The van der Waals surface area contributed by atoms with Crippen LogP contribution in [0.5, 0.6) is 0 Å². The Hall–Kier alpha value is -2.91. The second-order valence-electron chi connectivity index (χ2n) is 6.01. The van der Waals surface area contributed by atoms with Crippen LogP contribution in [0.1, 0.15) is 13.8 Å². The van der Waals surface area contributed by atoms with Crippen molar-refractivity contribution in [3.05, 3.63) is 48.2 Å². The van der Waals surface area contributed by atoms with Gasteiger partial charge in [0.1, 0.15) is 4.90 Å². The van der Waals surface area contributed by atoms with Crippen LogP contribution in [0.2, 0.25) is 0 Å². The van der Waals surface area contributed by atoms with Crippen LogP contribution in [0.3, 0.4) is 0 Å². The lowest BCUT2D eigenvalue weighted by atomic mass is 10.1. The molecule has 26 heavy (non-hydrogen) atoms. The fourth-order valence-electron chi connectivity index (χ4n) is 2.56. The topological polar surface area (TPSA) is 119 Å². The van der Waals surface area contributed by atoms with Crippen molar-refractivity contribution in [1.29, 1.82) is 0 Å². The lowest BCUT2D eigenvalue weighted by Crippen LogP contribution is -2.42. The molecule has 2 aromatic rings. The monoisotopic (exact) mass is 377 g/mol. The maximum atomic E-state index is 11.9. The lowest BCUT2D eigenvalue weighted by molar-refractivity contribution is -0.222. The number of anilines is 1. The summed E-state index contributed by atoms with van der Waals surface area (Å²) in [6, 6.07) is 9.09. The van der Waals surface area contributed by atoms with Gasteiger partial charge in [-0.3, -0.25) is 4.55 Å². The molecule has 0 saturated carbocycles. The predicted octanol–water partition coefficient (Wildman–Crippen LogP) is 2.22. The van der Waals surface area contributed by atoms with Gasteiger partial charge < -0.3 is 14.8 Å². The van der Waals surface area contributed by atoms with E-state index in [0.29, 0.717) is 11.1 Å². The van der Waals surface area contributed by atoms with E-state index < -0.39 is 27.8 Å². The minimum Gasteiger partial charge on any atom is -0.419 e. The van der Waals surface area contributed by atoms with Crippen molar-refractivity contribution in [1.82, 2.24) is 0 Å². The first-order valence-corrected chi connectivity index (χ1v) is 8.95. The number of cyclic esters (lactones) is 2. The first kappa shape index (κ1) is 17.9. The van der Waals surface area contributed by atoms with Crippen LogP contribution in [0.25, 0.3) is 10.8 Å². The first-order valence-electron chi connectivity index (χ1n) is 7.51. The Morgan fingerprint density at radius 2 is 1.58 bits per heavy atom. The highest BCUT2D eigenvalue weighted by molar-refractivity contribution is 7.86. The van der Waals surface area contributed by atoms with Gasteiger partial charge >= 0.3 is 11.9 Å². The minimum absolute atomic E-state index is 0.246. The van der Waals surface area contributed by atoms with Gasteiger partial charge in [-0.1, -0.05) is 24.3 Å². The molecule has 2 N–H and O–H groups in total. The zero-order chi connectivity index (χ0) is 19.1. The van der Waals surface area contributed by atoms with Crippen LogP contribution in [-0.2, 0) is 29.2 Å². The molecule has 0 amide bonds. The molecule has 8 nitrogen and oxygen atoms in total. The number of ether oxygens (including phenoxy) is 2. The van der Waals surface area contributed by atoms with Gasteiger partial charge in [0.15, 0.2) is 5.57 Å². The van der Waals surface area contributed by atoms with Crippen molar-refractivity contribution in [2.24, 2.45) is 0 Å². The summed E-state index contributed by atoms with van der Waals surface area (Å²) >= 11 is 0. The van der Waals surface area contributed by atoms with E-state index in [9.17, 15) is 22.6 Å². The minimum atomic E-state index is -4.40. The average Bonchev–Trinajstić information content (AvgIpc) is 2.51. The Morgan fingerprint density at radius 3 is 2.19 bits per heavy atom. The number of fused-ring (bicyclic) bond motifs is 1. The molecule has 136 valence electrons. The summed E-state index contributed by atoms with van der Waals surface area (Å²) in [6.45, 7) is 2.88. The van der Waals surface area contributed by atoms with E-state index in [1.807, 2.05) is 0 Å². The maximum absolute atomic E-state index is 11.9. The molecule has 0 aliphatic carbocycles. The fraction of sp³-hybridized carbons (Fsp3) is 0.176. The Balaban J connectivity index is 2.00. The molecule has 1 fully saturated rings. The maximum Gasteiger partial charge on any atom is 0.350 e. The summed E-state index contributed by atoms with van der Waals surface area (Å²) in [6.07, 6.45) is 1.13. The molecule has 9 heteroatoms.